The standard InChI is InChI=1S/C10H9F3I2N2/c1-17(2)5-16-9-7(14)3-6(4-8(9)15)10(11,12)13/h3-5H,1-2H3. The molecule has 17 heavy (non-hydrogen) atoms. The topological polar surface area (TPSA) is 15.6 Å². The minimum absolute atomic E-state index is 0.486. The maximum absolute atomic E-state index is 12.5. The average Bonchev–Trinajstić information content (AvgIpc) is 2.14. The molecule has 1 aromatic carbocycles. The van der Waals surface area contributed by atoms with Crippen LogP contribution in [0.5, 0.6) is 0 Å². The van der Waals surface area contributed by atoms with Gasteiger partial charge in [-0.05, 0) is 57.3 Å². The van der Waals surface area contributed by atoms with Crippen LogP contribution in [0.15, 0.2) is 17.1 Å². The highest BCUT2D eigenvalue weighted by Crippen LogP contribution is 2.36. The Balaban J connectivity index is 3.20. The molecular formula is C10H9F3I2N2. The molecule has 0 saturated heterocycles. The van der Waals surface area contributed by atoms with Crippen molar-refractivity contribution in [2.45, 2.75) is 6.18 Å². The fraction of sp³-hybridized carbons (Fsp3) is 0.300. The summed E-state index contributed by atoms with van der Waals surface area (Å²) in [5.41, 5.74) is -0.0806. The Labute approximate surface area is 125 Å². The third-order valence-corrected chi connectivity index (χ3v) is 3.41. The Morgan fingerprint density at radius 1 is 1.18 bits per heavy atom. The van der Waals surface area contributed by atoms with Crippen LogP contribution < -0.4 is 0 Å². The number of benzene rings is 1. The van der Waals surface area contributed by atoms with Crippen LogP contribution in [0, 0.1) is 7.14 Å². The van der Waals surface area contributed by atoms with Gasteiger partial charge in [-0.1, -0.05) is 0 Å². The summed E-state index contributed by atoms with van der Waals surface area (Å²) in [4.78, 5) is 5.87. The van der Waals surface area contributed by atoms with Crippen molar-refractivity contribution < 1.29 is 13.2 Å². The van der Waals surface area contributed by atoms with Gasteiger partial charge in [0.1, 0.15) is 0 Å². The maximum atomic E-state index is 12.5. The summed E-state index contributed by atoms with van der Waals surface area (Å²) >= 11 is 3.72. The van der Waals surface area contributed by atoms with E-state index in [1.165, 1.54) is 0 Å². The van der Waals surface area contributed by atoms with Crippen LogP contribution in [0.25, 0.3) is 0 Å². The summed E-state index contributed by atoms with van der Waals surface area (Å²) in [6, 6.07) is 2.20. The normalized spacial score (nSPS) is 12.2. The zero-order chi connectivity index (χ0) is 13.2. The van der Waals surface area contributed by atoms with Crippen molar-refractivity contribution in [2.75, 3.05) is 14.1 Å². The molecule has 0 aliphatic rings. The van der Waals surface area contributed by atoms with Gasteiger partial charge in [0.15, 0.2) is 0 Å². The maximum Gasteiger partial charge on any atom is 0.416 e. The van der Waals surface area contributed by atoms with Crippen molar-refractivity contribution in [3.05, 3.63) is 24.8 Å². The molecule has 0 fully saturated rings. The highest BCUT2D eigenvalue weighted by atomic mass is 127. The lowest BCUT2D eigenvalue weighted by atomic mass is 10.2. The minimum Gasteiger partial charge on any atom is -0.369 e. The van der Waals surface area contributed by atoms with Crippen molar-refractivity contribution in [2.24, 2.45) is 4.99 Å². The van der Waals surface area contributed by atoms with Crippen LogP contribution in [-0.4, -0.2) is 25.3 Å². The quantitative estimate of drug-likeness (QED) is 0.362. The van der Waals surface area contributed by atoms with Crippen LogP contribution in [0.4, 0.5) is 18.9 Å². The van der Waals surface area contributed by atoms with Crippen molar-refractivity contribution >= 4 is 57.2 Å². The van der Waals surface area contributed by atoms with Crippen molar-refractivity contribution in [1.82, 2.24) is 4.90 Å². The first-order valence-corrected chi connectivity index (χ1v) is 6.64. The Bertz CT molecular complexity index is 419. The molecule has 2 nitrogen and oxygen atoms in total. The lowest BCUT2D eigenvalue weighted by Gasteiger charge is -2.10. The molecule has 0 amide bonds. The van der Waals surface area contributed by atoms with Crippen molar-refractivity contribution in [1.29, 1.82) is 0 Å². The lowest BCUT2D eigenvalue weighted by molar-refractivity contribution is -0.137. The van der Waals surface area contributed by atoms with Gasteiger partial charge in [-0.25, -0.2) is 4.99 Å². The zero-order valence-electron chi connectivity index (χ0n) is 9.02. The molecule has 0 aromatic heterocycles. The van der Waals surface area contributed by atoms with E-state index in [2.05, 4.69) is 4.99 Å². The van der Waals surface area contributed by atoms with Crippen LogP contribution >= 0.6 is 45.2 Å². The fourth-order valence-corrected chi connectivity index (χ4v) is 3.07. The van der Waals surface area contributed by atoms with Crippen LogP contribution in [0.3, 0.4) is 0 Å². The smallest absolute Gasteiger partial charge is 0.369 e. The zero-order valence-corrected chi connectivity index (χ0v) is 13.3. The number of nitrogens with zero attached hydrogens (tertiary/aromatic N) is 2. The summed E-state index contributed by atoms with van der Waals surface area (Å²) in [5.74, 6) is 0. The molecule has 0 aliphatic carbocycles. The molecule has 0 spiro atoms. The molecule has 94 valence electrons. The van der Waals surface area contributed by atoms with Crippen molar-refractivity contribution in [3.8, 4) is 0 Å². The van der Waals surface area contributed by atoms with Crippen LogP contribution in [-0.2, 0) is 6.18 Å². The number of hydrogen-bond donors (Lipinski definition) is 0. The first kappa shape index (κ1) is 15.0. The minimum atomic E-state index is -4.32. The van der Waals surface area contributed by atoms with Gasteiger partial charge in [0, 0.05) is 21.2 Å². The van der Waals surface area contributed by atoms with Crippen LogP contribution in [0.2, 0.25) is 0 Å². The lowest BCUT2D eigenvalue weighted by Crippen LogP contribution is -2.08. The summed E-state index contributed by atoms with van der Waals surface area (Å²) in [7, 11) is 3.60. The Morgan fingerprint density at radius 3 is 2.00 bits per heavy atom. The summed E-state index contributed by atoms with van der Waals surface area (Å²) in [6.45, 7) is 0. The summed E-state index contributed by atoms with van der Waals surface area (Å²) in [5, 5.41) is 0. The third kappa shape index (κ3) is 4.27. The van der Waals surface area contributed by atoms with E-state index in [4.69, 9.17) is 0 Å². The van der Waals surface area contributed by atoms with Gasteiger partial charge in [0.2, 0.25) is 0 Å². The molecule has 0 saturated carbocycles. The highest BCUT2D eigenvalue weighted by Gasteiger charge is 2.31. The van der Waals surface area contributed by atoms with E-state index >= 15 is 0 Å². The van der Waals surface area contributed by atoms with E-state index in [1.54, 1.807) is 25.3 Å². The molecule has 7 heteroatoms. The van der Waals surface area contributed by atoms with Crippen molar-refractivity contribution in [3.63, 3.8) is 0 Å². The predicted molar refractivity (Wildman–Crippen MR) is 78.7 cm³/mol. The van der Waals surface area contributed by atoms with E-state index < -0.39 is 11.7 Å². The number of halogens is 5. The largest absolute Gasteiger partial charge is 0.416 e. The van der Waals surface area contributed by atoms with Gasteiger partial charge in [-0.3, -0.25) is 0 Å². The Hall–Kier alpha value is -0.0600. The molecule has 0 bridgehead atoms. The first-order valence-electron chi connectivity index (χ1n) is 4.48. The number of alkyl halides is 3. The molecule has 0 N–H and O–H groups in total. The molecule has 0 heterocycles. The Morgan fingerprint density at radius 2 is 1.65 bits per heavy atom. The summed E-state index contributed by atoms with van der Waals surface area (Å²) in [6.07, 6.45) is -2.75. The van der Waals surface area contributed by atoms with E-state index in [-0.39, 0.29) is 0 Å². The Kier molecular flexibility index (Phi) is 5.05. The SMILES string of the molecule is CN(C)C=Nc1c(I)cc(C(F)(F)F)cc1I. The monoisotopic (exact) mass is 468 g/mol. The van der Waals surface area contributed by atoms with E-state index in [0.717, 1.165) is 12.1 Å². The van der Waals surface area contributed by atoms with E-state index in [1.807, 2.05) is 45.2 Å². The second-order valence-corrected chi connectivity index (χ2v) is 5.82. The van der Waals surface area contributed by atoms with Gasteiger partial charge in [0.05, 0.1) is 17.6 Å². The molecule has 0 atom stereocenters. The molecule has 1 aromatic rings. The highest BCUT2D eigenvalue weighted by molar-refractivity contribution is 14.1. The predicted octanol–water partition coefficient (Wildman–Crippen LogP) is 4.14. The number of hydrogen-bond acceptors (Lipinski definition) is 1. The van der Waals surface area contributed by atoms with Gasteiger partial charge < -0.3 is 4.90 Å². The van der Waals surface area contributed by atoms with Gasteiger partial charge in [-0.15, -0.1) is 0 Å². The van der Waals surface area contributed by atoms with Gasteiger partial charge in [-0.2, -0.15) is 13.2 Å². The number of rotatable bonds is 2. The van der Waals surface area contributed by atoms with E-state index in [9.17, 15) is 13.2 Å². The molecular weight excluding hydrogens is 459 g/mol. The second-order valence-electron chi connectivity index (χ2n) is 3.49. The second kappa shape index (κ2) is 5.72. The van der Waals surface area contributed by atoms with E-state index in [0.29, 0.717) is 12.8 Å². The average molecular weight is 468 g/mol. The first-order chi connectivity index (χ1) is 7.71. The molecule has 1 rings (SSSR count). The molecule has 0 radical (unpaired) electrons. The van der Waals surface area contributed by atoms with Crippen LogP contribution in [0.1, 0.15) is 5.56 Å². The third-order valence-electron chi connectivity index (χ3n) is 1.76. The molecule has 0 unspecified atom stereocenters. The fourth-order valence-electron chi connectivity index (χ4n) is 1.03. The molecule has 0 aliphatic heterocycles. The number of aliphatic imine (C=N–C) groups is 1. The summed E-state index contributed by atoms with van der Waals surface area (Å²) < 4.78 is 38.6. The van der Waals surface area contributed by atoms with Gasteiger partial charge >= 0.3 is 6.18 Å². The van der Waals surface area contributed by atoms with Gasteiger partial charge in [0.25, 0.3) is 0 Å².